The van der Waals surface area contributed by atoms with Crippen LogP contribution in [0.1, 0.15) is 28.8 Å². The minimum absolute atomic E-state index is 0.0226. The van der Waals surface area contributed by atoms with E-state index < -0.39 is 15.7 Å². The fraction of sp³-hybridized carbons (Fsp3) is 0.167. The largest absolute Gasteiger partial charge is 0.497 e. The van der Waals surface area contributed by atoms with Crippen LogP contribution in [0.4, 0.5) is 5.69 Å². The molecule has 0 aromatic heterocycles. The van der Waals surface area contributed by atoms with Crippen molar-refractivity contribution in [1.82, 2.24) is 0 Å². The number of anilines is 1. The SMILES string of the molecule is COc1ccc(S(=O)(=O)CCCC(=O)Nc2ccc(Br)cc2C(=O)c2ccccc2Cl)cc1. The van der Waals surface area contributed by atoms with Crippen LogP contribution in [0.2, 0.25) is 5.02 Å². The molecular weight excluding hydrogens is 530 g/mol. The molecule has 3 aromatic rings. The summed E-state index contributed by atoms with van der Waals surface area (Å²) in [5.74, 6) is -0.349. The first kappa shape index (κ1) is 25.0. The number of halogens is 2. The second-order valence-corrected chi connectivity index (χ2v) is 10.6. The lowest BCUT2D eigenvalue weighted by Crippen LogP contribution is -2.16. The van der Waals surface area contributed by atoms with E-state index in [0.29, 0.717) is 26.5 Å². The molecule has 0 saturated carbocycles. The van der Waals surface area contributed by atoms with Crippen LogP contribution in [0.15, 0.2) is 76.1 Å². The van der Waals surface area contributed by atoms with Crippen LogP contribution in [0.5, 0.6) is 5.75 Å². The maximum absolute atomic E-state index is 13.0. The van der Waals surface area contributed by atoms with Gasteiger partial charge in [0.2, 0.25) is 5.91 Å². The third-order valence-corrected chi connectivity index (χ3v) is 7.49. The van der Waals surface area contributed by atoms with Crippen molar-refractivity contribution in [2.45, 2.75) is 17.7 Å². The van der Waals surface area contributed by atoms with Gasteiger partial charge in [0.25, 0.3) is 0 Å². The molecule has 1 amide bonds. The monoisotopic (exact) mass is 549 g/mol. The van der Waals surface area contributed by atoms with Crippen molar-refractivity contribution in [2.75, 3.05) is 18.2 Å². The van der Waals surface area contributed by atoms with Crippen LogP contribution in [0, 0.1) is 0 Å². The van der Waals surface area contributed by atoms with Gasteiger partial charge in [0.15, 0.2) is 15.6 Å². The number of hydrogen-bond donors (Lipinski definition) is 1. The molecule has 0 aliphatic heterocycles. The zero-order valence-electron chi connectivity index (χ0n) is 17.7. The minimum atomic E-state index is -3.53. The van der Waals surface area contributed by atoms with Gasteiger partial charge in [0.1, 0.15) is 5.75 Å². The van der Waals surface area contributed by atoms with E-state index in [1.807, 2.05) is 0 Å². The first-order chi connectivity index (χ1) is 15.7. The Morgan fingerprint density at radius 3 is 2.36 bits per heavy atom. The van der Waals surface area contributed by atoms with Gasteiger partial charge < -0.3 is 10.1 Å². The smallest absolute Gasteiger partial charge is 0.224 e. The Hall–Kier alpha value is -2.68. The number of nitrogens with one attached hydrogen (secondary N) is 1. The lowest BCUT2D eigenvalue weighted by Gasteiger charge is -2.12. The second kappa shape index (κ2) is 11.0. The molecule has 0 heterocycles. The summed E-state index contributed by atoms with van der Waals surface area (Å²) in [5.41, 5.74) is 0.918. The van der Waals surface area contributed by atoms with Crippen LogP contribution in [-0.4, -0.2) is 33.0 Å². The van der Waals surface area contributed by atoms with Crippen molar-refractivity contribution in [3.8, 4) is 5.75 Å². The standard InChI is InChI=1S/C24H21BrClNO5S/c1-32-17-9-11-18(12-10-17)33(30,31)14-4-7-23(28)27-22-13-8-16(25)15-20(22)24(29)19-5-2-3-6-21(19)26/h2-3,5-6,8-13,15H,4,7,14H2,1H3,(H,27,28). The van der Waals surface area contributed by atoms with E-state index >= 15 is 0 Å². The molecule has 33 heavy (non-hydrogen) atoms. The van der Waals surface area contributed by atoms with E-state index in [1.165, 1.54) is 19.2 Å². The van der Waals surface area contributed by atoms with Gasteiger partial charge in [-0.2, -0.15) is 0 Å². The molecule has 0 aliphatic rings. The van der Waals surface area contributed by atoms with Crippen molar-refractivity contribution in [2.24, 2.45) is 0 Å². The van der Waals surface area contributed by atoms with Gasteiger partial charge >= 0.3 is 0 Å². The van der Waals surface area contributed by atoms with Crippen LogP contribution < -0.4 is 10.1 Å². The van der Waals surface area contributed by atoms with Gasteiger partial charge in [0, 0.05) is 22.0 Å². The van der Waals surface area contributed by atoms with Gasteiger partial charge in [0.05, 0.1) is 28.5 Å². The highest BCUT2D eigenvalue weighted by molar-refractivity contribution is 9.10. The highest BCUT2D eigenvalue weighted by Gasteiger charge is 2.19. The van der Waals surface area contributed by atoms with Crippen molar-refractivity contribution in [1.29, 1.82) is 0 Å². The molecule has 0 fully saturated rings. The number of benzene rings is 3. The third kappa shape index (κ3) is 6.43. The van der Waals surface area contributed by atoms with Crippen LogP contribution in [0.25, 0.3) is 0 Å². The van der Waals surface area contributed by atoms with E-state index in [0.717, 1.165) is 0 Å². The lowest BCUT2D eigenvalue weighted by molar-refractivity contribution is -0.116. The van der Waals surface area contributed by atoms with Crippen molar-refractivity contribution >= 4 is 54.7 Å². The van der Waals surface area contributed by atoms with E-state index in [9.17, 15) is 18.0 Å². The summed E-state index contributed by atoms with van der Waals surface area (Å²) in [4.78, 5) is 25.7. The third-order valence-electron chi connectivity index (χ3n) is 4.85. The lowest BCUT2D eigenvalue weighted by atomic mass is 10.0. The number of amides is 1. The number of ether oxygens (including phenoxy) is 1. The minimum Gasteiger partial charge on any atom is -0.497 e. The first-order valence-corrected chi connectivity index (χ1v) is 12.8. The molecule has 1 N–H and O–H groups in total. The maximum atomic E-state index is 13.0. The van der Waals surface area contributed by atoms with Crippen molar-refractivity contribution < 1.29 is 22.7 Å². The summed E-state index contributed by atoms with van der Waals surface area (Å²) < 4.78 is 30.7. The van der Waals surface area contributed by atoms with Gasteiger partial charge in [-0.3, -0.25) is 9.59 Å². The van der Waals surface area contributed by atoms with Crippen LogP contribution >= 0.6 is 27.5 Å². The first-order valence-electron chi connectivity index (χ1n) is 9.97. The summed E-state index contributed by atoms with van der Waals surface area (Å²) in [5, 5.41) is 3.02. The van der Waals surface area contributed by atoms with Crippen molar-refractivity contribution in [3.05, 3.63) is 87.4 Å². The highest BCUT2D eigenvalue weighted by atomic mass is 79.9. The molecule has 0 radical (unpaired) electrons. The number of hydrogen-bond acceptors (Lipinski definition) is 5. The summed E-state index contributed by atoms with van der Waals surface area (Å²) in [6.07, 6.45) is 0.107. The Morgan fingerprint density at radius 1 is 1.00 bits per heavy atom. The summed E-state index contributed by atoms with van der Waals surface area (Å²) >= 11 is 9.51. The molecular formula is C24H21BrClNO5S. The molecule has 0 aliphatic carbocycles. The molecule has 3 rings (SSSR count). The fourth-order valence-corrected chi connectivity index (χ4v) is 5.03. The predicted octanol–water partition coefficient (Wildman–Crippen LogP) is 5.53. The Labute approximate surface area is 206 Å². The summed E-state index contributed by atoms with van der Waals surface area (Å²) in [7, 11) is -2.03. The molecule has 0 unspecified atom stereocenters. The maximum Gasteiger partial charge on any atom is 0.224 e. The van der Waals surface area contributed by atoms with Crippen molar-refractivity contribution in [3.63, 3.8) is 0 Å². The molecule has 0 saturated heterocycles. The average molecular weight is 551 g/mol. The van der Waals surface area contributed by atoms with Crippen LogP contribution in [-0.2, 0) is 14.6 Å². The Kier molecular flexibility index (Phi) is 8.29. The van der Waals surface area contributed by atoms with Gasteiger partial charge in [-0.25, -0.2) is 8.42 Å². The molecule has 172 valence electrons. The summed E-state index contributed by atoms with van der Waals surface area (Å²) in [6, 6.07) is 17.7. The van der Waals surface area contributed by atoms with E-state index in [-0.39, 0.29) is 34.8 Å². The Morgan fingerprint density at radius 2 is 1.70 bits per heavy atom. The molecule has 0 spiro atoms. The van der Waals surface area contributed by atoms with Gasteiger partial charge in [-0.15, -0.1) is 0 Å². The predicted molar refractivity (Wildman–Crippen MR) is 132 cm³/mol. The Bertz CT molecular complexity index is 1280. The normalized spacial score (nSPS) is 11.1. The highest BCUT2D eigenvalue weighted by Crippen LogP contribution is 2.27. The summed E-state index contributed by atoms with van der Waals surface area (Å²) in [6.45, 7) is 0. The zero-order valence-corrected chi connectivity index (χ0v) is 20.8. The van der Waals surface area contributed by atoms with E-state index in [4.69, 9.17) is 16.3 Å². The topological polar surface area (TPSA) is 89.5 Å². The zero-order chi connectivity index (χ0) is 24.0. The Balaban J connectivity index is 1.67. The van der Waals surface area contributed by atoms with E-state index in [1.54, 1.807) is 54.6 Å². The molecule has 6 nitrogen and oxygen atoms in total. The second-order valence-electron chi connectivity index (χ2n) is 7.15. The van der Waals surface area contributed by atoms with Gasteiger partial charge in [-0.1, -0.05) is 39.7 Å². The average Bonchev–Trinajstić information content (AvgIpc) is 2.80. The van der Waals surface area contributed by atoms with Crippen LogP contribution in [0.3, 0.4) is 0 Å². The number of methoxy groups -OCH3 is 1. The molecule has 0 atom stereocenters. The molecule has 3 aromatic carbocycles. The number of carbonyl (C=O) groups is 2. The fourth-order valence-electron chi connectivity index (χ4n) is 3.14. The van der Waals surface area contributed by atoms with E-state index in [2.05, 4.69) is 21.2 Å². The number of ketones is 1. The van der Waals surface area contributed by atoms with Gasteiger partial charge in [-0.05, 0) is 61.0 Å². The quantitative estimate of drug-likeness (QED) is 0.354. The number of carbonyl (C=O) groups excluding carboxylic acids is 2. The molecule has 0 bridgehead atoms. The number of rotatable bonds is 9. The number of sulfone groups is 1. The molecule has 9 heteroatoms.